The third-order valence-corrected chi connectivity index (χ3v) is 2.22. The van der Waals surface area contributed by atoms with E-state index in [0.29, 0.717) is 18.5 Å². The summed E-state index contributed by atoms with van der Waals surface area (Å²) in [5.74, 6) is -1.33. The highest BCUT2D eigenvalue weighted by Crippen LogP contribution is 2.02. The second-order valence-corrected chi connectivity index (χ2v) is 3.84. The molecule has 3 amide bonds. The molecule has 0 atom stereocenters. The van der Waals surface area contributed by atoms with Crippen LogP contribution in [-0.2, 0) is 9.59 Å². The predicted octanol–water partition coefficient (Wildman–Crippen LogP) is 1.37. The summed E-state index contributed by atoms with van der Waals surface area (Å²) >= 11 is 0. The van der Waals surface area contributed by atoms with Crippen molar-refractivity contribution in [3.63, 3.8) is 0 Å². The molecule has 1 heterocycles. The molecule has 1 aromatic heterocycles. The van der Waals surface area contributed by atoms with Gasteiger partial charge in [0.15, 0.2) is 0 Å². The average Bonchev–Trinajstić information content (AvgIpc) is 2.35. The maximum atomic E-state index is 11.4. The van der Waals surface area contributed by atoms with E-state index < -0.39 is 17.9 Å². The molecular weight excluding hydrogens is 250 g/mol. The minimum atomic E-state index is -0.894. The van der Waals surface area contributed by atoms with Crippen LogP contribution in [0.4, 0.5) is 10.5 Å². The van der Waals surface area contributed by atoms with Crippen LogP contribution in [0, 0.1) is 0 Å². The summed E-state index contributed by atoms with van der Waals surface area (Å²) in [7, 11) is 0. The van der Waals surface area contributed by atoms with Gasteiger partial charge in [0, 0.05) is 19.0 Å². The van der Waals surface area contributed by atoms with Crippen molar-refractivity contribution >= 4 is 23.6 Å². The maximum absolute atomic E-state index is 11.4. The molecule has 3 N–H and O–H groups in total. The lowest BCUT2D eigenvalue weighted by Gasteiger charge is -2.05. The number of carboxylic acids is 1. The van der Waals surface area contributed by atoms with E-state index in [1.807, 2.05) is 0 Å². The van der Waals surface area contributed by atoms with E-state index in [2.05, 4.69) is 15.6 Å². The number of aliphatic carboxylic acids is 1. The van der Waals surface area contributed by atoms with Gasteiger partial charge in [-0.15, -0.1) is 0 Å². The lowest BCUT2D eigenvalue weighted by molar-refractivity contribution is -0.137. The molecule has 0 aliphatic rings. The Morgan fingerprint density at radius 2 is 1.95 bits per heavy atom. The van der Waals surface area contributed by atoms with Crippen molar-refractivity contribution in [2.24, 2.45) is 0 Å². The molecule has 102 valence electrons. The predicted molar refractivity (Wildman–Crippen MR) is 67.5 cm³/mol. The Balaban J connectivity index is 2.21. The number of nitrogens with zero attached hydrogens (tertiary/aromatic N) is 1. The summed E-state index contributed by atoms with van der Waals surface area (Å²) < 4.78 is 0. The Labute approximate surface area is 110 Å². The van der Waals surface area contributed by atoms with E-state index in [0.717, 1.165) is 0 Å². The highest BCUT2D eigenvalue weighted by molar-refractivity contribution is 6.00. The Bertz CT molecular complexity index is 448. The molecule has 0 fully saturated rings. The lowest BCUT2D eigenvalue weighted by atomic mass is 10.2. The monoisotopic (exact) mass is 265 g/mol. The maximum Gasteiger partial charge on any atom is 0.325 e. The molecule has 0 unspecified atom stereocenters. The number of anilines is 1. The largest absolute Gasteiger partial charge is 0.481 e. The number of urea groups is 1. The first-order valence-electron chi connectivity index (χ1n) is 5.80. The van der Waals surface area contributed by atoms with Crippen molar-refractivity contribution in [2.75, 3.05) is 5.32 Å². The van der Waals surface area contributed by atoms with E-state index in [9.17, 15) is 14.4 Å². The fourth-order valence-corrected chi connectivity index (χ4v) is 1.35. The summed E-state index contributed by atoms with van der Waals surface area (Å²) in [4.78, 5) is 36.8. The van der Waals surface area contributed by atoms with Gasteiger partial charge in [-0.3, -0.25) is 19.9 Å². The standard InChI is InChI=1S/C12H15N3O4/c16-10(5-1-2-6-11(17)18)15-12(19)14-9-4-3-7-13-8-9/h3-4,7-8H,1-2,5-6H2,(H,17,18)(H2,14,15,16,19). The first-order valence-corrected chi connectivity index (χ1v) is 5.80. The molecule has 19 heavy (non-hydrogen) atoms. The third kappa shape index (κ3) is 6.77. The fourth-order valence-electron chi connectivity index (χ4n) is 1.35. The zero-order chi connectivity index (χ0) is 14.1. The van der Waals surface area contributed by atoms with Gasteiger partial charge in [-0.1, -0.05) is 0 Å². The summed E-state index contributed by atoms with van der Waals surface area (Å²) in [5.41, 5.74) is 0.485. The van der Waals surface area contributed by atoms with Gasteiger partial charge in [0.05, 0.1) is 11.9 Å². The summed E-state index contributed by atoms with van der Waals surface area (Å²) in [6.45, 7) is 0. The fraction of sp³-hybridized carbons (Fsp3) is 0.333. The van der Waals surface area contributed by atoms with Crippen LogP contribution in [0.25, 0.3) is 0 Å². The van der Waals surface area contributed by atoms with Crippen molar-refractivity contribution in [1.82, 2.24) is 10.3 Å². The minimum absolute atomic E-state index is 0.0230. The molecule has 0 saturated carbocycles. The topological polar surface area (TPSA) is 108 Å². The van der Waals surface area contributed by atoms with Crippen LogP contribution in [-0.4, -0.2) is 28.0 Å². The lowest BCUT2D eigenvalue weighted by Crippen LogP contribution is -2.34. The van der Waals surface area contributed by atoms with E-state index >= 15 is 0 Å². The van der Waals surface area contributed by atoms with Crippen LogP contribution in [0.15, 0.2) is 24.5 Å². The van der Waals surface area contributed by atoms with E-state index in [1.54, 1.807) is 18.3 Å². The molecule has 0 bridgehead atoms. The Morgan fingerprint density at radius 3 is 2.58 bits per heavy atom. The number of hydrogen-bond donors (Lipinski definition) is 3. The van der Waals surface area contributed by atoms with Crippen LogP contribution < -0.4 is 10.6 Å². The highest BCUT2D eigenvalue weighted by Gasteiger charge is 2.08. The van der Waals surface area contributed by atoms with Gasteiger partial charge in [0.1, 0.15) is 0 Å². The molecule has 0 aromatic carbocycles. The number of unbranched alkanes of at least 4 members (excludes halogenated alkanes) is 1. The van der Waals surface area contributed by atoms with Crippen molar-refractivity contribution in [3.8, 4) is 0 Å². The van der Waals surface area contributed by atoms with E-state index in [4.69, 9.17) is 5.11 Å². The molecule has 0 aliphatic carbocycles. The van der Waals surface area contributed by atoms with Gasteiger partial charge in [-0.25, -0.2) is 4.79 Å². The van der Waals surface area contributed by atoms with Gasteiger partial charge in [0.2, 0.25) is 5.91 Å². The number of imide groups is 1. The zero-order valence-corrected chi connectivity index (χ0v) is 10.3. The van der Waals surface area contributed by atoms with Crippen molar-refractivity contribution in [3.05, 3.63) is 24.5 Å². The van der Waals surface area contributed by atoms with Crippen molar-refractivity contribution in [2.45, 2.75) is 25.7 Å². The van der Waals surface area contributed by atoms with Gasteiger partial charge in [0.25, 0.3) is 0 Å². The number of carbonyl (C=O) groups is 3. The molecule has 7 heteroatoms. The quantitative estimate of drug-likeness (QED) is 0.673. The molecule has 0 aliphatic heterocycles. The first kappa shape index (κ1) is 14.6. The van der Waals surface area contributed by atoms with Crippen molar-refractivity contribution in [1.29, 1.82) is 0 Å². The number of carboxylic acid groups (broad SMARTS) is 1. The second-order valence-electron chi connectivity index (χ2n) is 3.84. The number of pyridine rings is 1. The molecule has 1 rings (SSSR count). The molecule has 1 aromatic rings. The second kappa shape index (κ2) is 7.80. The van der Waals surface area contributed by atoms with Gasteiger partial charge < -0.3 is 10.4 Å². The van der Waals surface area contributed by atoms with Gasteiger partial charge in [-0.2, -0.15) is 0 Å². The highest BCUT2D eigenvalue weighted by atomic mass is 16.4. The third-order valence-electron chi connectivity index (χ3n) is 2.22. The smallest absolute Gasteiger partial charge is 0.325 e. The molecule has 0 saturated heterocycles. The van der Waals surface area contributed by atoms with Crippen LogP contribution in [0.3, 0.4) is 0 Å². The van der Waals surface area contributed by atoms with Crippen LogP contribution >= 0.6 is 0 Å². The number of carbonyl (C=O) groups excluding carboxylic acids is 2. The summed E-state index contributed by atoms with van der Waals surface area (Å²) in [6.07, 6.45) is 4.00. The molecule has 0 radical (unpaired) electrons. The van der Waals surface area contributed by atoms with Crippen LogP contribution in [0.1, 0.15) is 25.7 Å². The Morgan fingerprint density at radius 1 is 1.21 bits per heavy atom. The minimum Gasteiger partial charge on any atom is -0.481 e. The number of amides is 3. The average molecular weight is 265 g/mol. The number of rotatable bonds is 6. The molecular formula is C12H15N3O4. The summed E-state index contributed by atoms with van der Waals surface area (Å²) in [5, 5.41) is 13.0. The number of hydrogen-bond acceptors (Lipinski definition) is 4. The number of aromatic nitrogens is 1. The molecule has 0 spiro atoms. The SMILES string of the molecule is O=C(O)CCCCC(=O)NC(=O)Nc1cccnc1. The van der Waals surface area contributed by atoms with E-state index in [-0.39, 0.29) is 12.8 Å². The Kier molecular flexibility index (Phi) is 6.00. The van der Waals surface area contributed by atoms with E-state index in [1.165, 1.54) is 6.20 Å². The van der Waals surface area contributed by atoms with Gasteiger partial charge in [-0.05, 0) is 25.0 Å². The van der Waals surface area contributed by atoms with Crippen LogP contribution in [0.5, 0.6) is 0 Å². The zero-order valence-electron chi connectivity index (χ0n) is 10.3. The van der Waals surface area contributed by atoms with Crippen LogP contribution in [0.2, 0.25) is 0 Å². The van der Waals surface area contributed by atoms with Gasteiger partial charge >= 0.3 is 12.0 Å². The normalized spacial score (nSPS) is 9.68. The first-order chi connectivity index (χ1) is 9.08. The van der Waals surface area contributed by atoms with Crippen molar-refractivity contribution < 1.29 is 19.5 Å². The summed E-state index contributed by atoms with van der Waals surface area (Å²) in [6, 6.07) is 2.67. The Hall–Kier alpha value is -2.44. The number of nitrogens with one attached hydrogen (secondary N) is 2. The molecule has 7 nitrogen and oxygen atoms in total.